The number of nitrogens with zero attached hydrogens (tertiary/aromatic N) is 1. The second-order valence-corrected chi connectivity index (χ2v) is 7.20. The molecule has 0 aromatic heterocycles. The number of ether oxygens (including phenoxy) is 2. The standard InChI is InChI=1S/C20H31N3O5/c1-12(2)27-19(25)22-23(20(26)28-13(3)4)15(6)18(21-16(7)24)17-10-8-14(5)9-11-17/h8-13,15,18H,1-7H3,(H,21,24)(H,22,25)/t15-,18+/m0/s1. The molecule has 0 spiro atoms. The highest BCUT2D eigenvalue weighted by atomic mass is 16.6. The van der Waals surface area contributed by atoms with Gasteiger partial charge in [0.15, 0.2) is 0 Å². The maximum atomic E-state index is 12.6. The summed E-state index contributed by atoms with van der Waals surface area (Å²) in [5, 5.41) is 3.88. The third kappa shape index (κ3) is 7.46. The highest BCUT2D eigenvalue weighted by Crippen LogP contribution is 2.22. The number of aryl methyl sites for hydroxylation is 1. The lowest BCUT2D eigenvalue weighted by atomic mass is 9.99. The molecule has 3 amide bonds. The number of hydrazine groups is 1. The van der Waals surface area contributed by atoms with E-state index in [1.807, 2.05) is 31.2 Å². The number of rotatable bonds is 6. The Bertz CT molecular complexity index is 673. The highest BCUT2D eigenvalue weighted by Gasteiger charge is 2.32. The van der Waals surface area contributed by atoms with E-state index >= 15 is 0 Å². The van der Waals surface area contributed by atoms with Gasteiger partial charge in [-0.25, -0.2) is 20.0 Å². The van der Waals surface area contributed by atoms with Crippen molar-refractivity contribution in [3.05, 3.63) is 35.4 Å². The molecule has 0 saturated heterocycles. The number of nitrogens with one attached hydrogen (secondary N) is 2. The number of amides is 3. The van der Waals surface area contributed by atoms with Crippen LogP contribution in [0.1, 0.15) is 58.7 Å². The molecule has 2 N–H and O–H groups in total. The van der Waals surface area contributed by atoms with Crippen LogP contribution in [0.25, 0.3) is 0 Å². The molecule has 0 fully saturated rings. The first-order valence-electron chi connectivity index (χ1n) is 9.32. The maximum Gasteiger partial charge on any atom is 0.429 e. The van der Waals surface area contributed by atoms with Crippen LogP contribution in [0.4, 0.5) is 9.59 Å². The van der Waals surface area contributed by atoms with Gasteiger partial charge in [0, 0.05) is 6.92 Å². The summed E-state index contributed by atoms with van der Waals surface area (Å²) in [7, 11) is 0. The van der Waals surface area contributed by atoms with Crippen molar-refractivity contribution in [2.24, 2.45) is 0 Å². The molecule has 8 heteroatoms. The van der Waals surface area contributed by atoms with E-state index in [0.29, 0.717) is 0 Å². The second-order valence-electron chi connectivity index (χ2n) is 7.20. The summed E-state index contributed by atoms with van der Waals surface area (Å²) in [5.74, 6) is -0.264. The Kier molecular flexibility index (Phi) is 8.76. The molecule has 0 bridgehead atoms. The van der Waals surface area contributed by atoms with Gasteiger partial charge in [-0.2, -0.15) is 0 Å². The van der Waals surface area contributed by atoms with Crippen LogP contribution in [0.3, 0.4) is 0 Å². The molecule has 8 nitrogen and oxygen atoms in total. The second kappa shape index (κ2) is 10.5. The summed E-state index contributed by atoms with van der Waals surface area (Å²) >= 11 is 0. The number of carbonyl (C=O) groups excluding carboxylic acids is 3. The molecule has 28 heavy (non-hydrogen) atoms. The van der Waals surface area contributed by atoms with Crippen molar-refractivity contribution in [1.82, 2.24) is 15.8 Å². The first-order valence-corrected chi connectivity index (χ1v) is 9.32. The van der Waals surface area contributed by atoms with Crippen LogP contribution in [0, 0.1) is 6.92 Å². The summed E-state index contributed by atoms with van der Waals surface area (Å²) in [6, 6.07) is 6.33. The third-order valence-electron chi connectivity index (χ3n) is 3.77. The van der Waals surface area contributed by atoms with Crippen LogP contribution in [0.15, 0.2) is 24.3 Å². The van der Waals surface area contributed by atoms with Gasteiger partial charge >= 0.3 is 12.2 Å². The fourth-order valence-corrected chi connectivity index (χ4v) is 2.54. The normalized spacial score (nSPS) is 12.9. The minimum atomic E-state index is -0.784. The molecule has 0 radical (unpaired) electrons. The van der Waals surface area contributed by atoms with Crippen LogP contribution in [0.2, 0.25) is 0 Å². The Labute approximate surface area is 166 Å². The molecular formula is C20H31N3O5. The fraction of sp³-hybridized carbons (Fsp3) is 0.550. The van der Waals surface area contributed by atoms with Crippen LogP contribution in [0.5, 0.6) is 0 Å². The number of carbonyl (C=O) groups is 3. The maximum absolute atomic E-state index is 12.6. The molecule has 156 valence electrons. The van der Waals surface area contributed by atoms with E-state index < -0.39 is 24.3 Å². The lowest BCUT2D eigenvalue weighted by Crippen LogP contribution is -2.56. The summed E-state index contributed by atoms with van der Waals surface area (Å²) in [4.78, 5) is 36.5. The average Bonchev–Trinajstić information content (AvgIpc) is 2.56. The Morgan fingerprint density at radius 3 is 1.93 bits per heavy atom. The number of hydrogen-bond donors (Lipinski definition) is 2. The number of hydrogen-bond acceptors (Lipinski definition) is 5. The van der Waals surface area contributed by atoms with Crippen LogP contribution >= 0.6 is 0 Å². The molecule has 0 aliphatic carbocycles. The first-order chi connectivity index (χ1) is 13.0. The largest absolute Gasteiger partial charge is 0.446 e. The Morgan fingerprint density at radius 1 is 0.929 bits per heavy atom. The molecule has 0 heterocycles. The zero-order valence-electron chi connectivity index (χ0n) is 17.6. The molecular weight excluding hydrogens is 362 g/mol. The molecule has 1 rings (SSSR count). The third-order valence-corrected chi connectivity index (χ3v) is 3.77. The molecule has 1 aromatic rings. The molecule has 2 atom stereocenters. The Morgan fingerprint density at radius 2 is 1.46 bits per heavy atom. The van der Waals surface area contributed by atoms with E-state index in [-0.39, 0.29) is 18.1 Å². The van der Waals surface area contributed by atoms with Crippen LogP contribution in [-0.4, -0.2) is 41.4 Å². The van der Waals surface area contributed by atoms with Crippen LogP contribution in [-0.2, 0) is 14.3 Å². The minimum absolute atomic E-state index is 0.264. The summed E-state index contributed by atoms with van der Waals surface area (Å²) < 4.78 is 10.3. The lowest BCUT2D eigenvalue weighted by molar-refractivity contribution is -0.120. The van der Waals surface area contributed by atoms with Gasteiger partial charge in [-0.15, -0.1) is 0 Å². The van der Waals surface area contributed by atoms with Gasteiger partial charge in [0.1, 0.15) is 0 Å². The summed E-state index contributed by atoms with van der Waals surface area (Å²) in [6.45, 7) is 11.9. The van der Waals surface area contributed by atoms with Crippen molar-refractivity contribution < 1.29 is 23.9 Å². The zero-order chi connectivity index (χ0) is 21.4. The topological polar surface area (TPSA) is 97.0 Å². The van der Waals surface area contributed by atoms with Gasteiger partial charge in [0.25, 0.3) is 0 Å². The van der Waals surface area contributed by atoms with E-state index in [0.717, 1.165) is 16.1 Å². The van der Waals surface area contributed by atoms with Crippen LogP contribution < -0.4 is 10.7 Å². The lowest BCUT2D eigenvalue weighted by Gasteiger charge is -2.34. The first kappa shape index (κ1) is 23.3. The summed E-state index contributed by atoms with van der Waals surface area (Å²) in [5.41, 5.74) is 4.28. The highest BCUT2D eigenvalue weighted by molar-refractivity contribution is 5.75. The van der Waals surface area contributed by atoms with Gasteiger partial charge in [-0.1, -0.05) is 29.8 Å². The monoisotopic (exact) mass is 393 g/mol. The van der Waals surface area contributed by atoms with Gasteiger partial charge < -0.3 is 14.8 Å². The minimum Gasteiger partial charge on any atom is -0.446 e. The van der Waals surface area contributed by atoms with E-state index in [4.69, 9.17) is 9.47 Å². The molecule has 0 saturated carbocycles. The smallest absolute Gasteiger partial charge is 0.429 e. The van der Waals surface area contributed by atoms with Crippen molar-refractivity contribution in [2.45, 2.75) is 72.8 Å². The van der Waals surface area contributed by atoms with Gasteiger partial charge in [-0.3, -0.25) is 4.79 Å². The average molecular weight is 393 g/mol. The summed E-state index contributed by atoms with van der Waals surface area (Å²) in [6.07, 6.45) is -2.27. The van der Waals surface area contributed by atoms with Gasteiger partial charge in [0.2, 0.25) is 5.91 Å². The quantitative estimate of drug-likeness (QED) is 0.722. The Balaban J connectivity index is 3.20. The van der Waals surface area contributed by atoms with Gasteiger partial charge in [0.05, 0.1) is 24.3 Å². The SMILES string of the molecule is CC(=O)N[C@@H](c1ccc(C)cc1)[C@H](C)N(NC(=O)OC(C)C)C(=O)OC(C)C. The predicted molar refractivity (Wildman–Crippen MR) is 105 cm³/mol. The van der Waals surface area contributed by atoms with E-state index in [2.05, 4.69) is 10.7 Å². The molecule has 0 aliphatic rings. The fourth-order valence-electron chi connectivity index (χ4n) is 2.54. The van der Waals surface area contributed by atoms with Gasteiger partial charge in [-0.05, 0) is 47.1 Å². The zero-order valence-corrected chi connectivity index (χ0v) is 17.6. The van der Waals surface area contributed by atoms with Crippen molar-refractivity contribution in [1.29, 1.82) is 0 Å². The molecule has 1 aromatic carbocycles. The van der Waals surface area contributed by atoms with Crippen molar-refractivity contribution in [3.63, 3.8) is 0 Å². The molecule has 0 unspecified atom stereocenters. The Hall–Kier alpha value is -2.77. The predicted octanol–water partition coefficient (Wildman–Crippen LogP) is 3.46. The van der Waals surface area contributed by atoms with E-state index in [1.54, 1.807) is 34.6 Å². The van der Waals surface area contributed by atoms with Crippen molar-refractivity contribution in [2.75, 3.05) is 0 Å². The van der Waals surface area contributed by atoms with Crippen molar-refractivity contribution >= 4 is 18.1 Å². The van der Waals surface area contributed by atoms with E-state index in [1.165, 1.54) is 6.92 Å². The van der Waals surface area contributed by atoms with E-state index in [9.17, 15) is 14.4 Å². The molecule has 0 aliphatic heterocycles. The van der Waals surface area contributed by atoms with Crippen molar-refractivity contribution in [3.8, 4) is 0 Å². The number of benzene rings is 1.